The molecule has 4 rings (SSSR count). The van der Waals surface area contributed by atoms with E-state index in [0.29, 0.717) is 0 Å². The second kappa shape index (κ2) is 14.7. The number of hydrogen-bond acceptors (Lipinski definition) is 11. The molecule has 1 aromatic carbocycles. The van der Waals surface area contributed by atoms with Crippen LogP contribution in [0.5, 0.6) is 11.5 Å². The zero-order chi connectivity index (χ0) is 34.8. The lowest BCUT2D eigenvalue weighted by molar-refractivity contribution is -0.115. The number of ketones is 3. The molecule has 12 nitrogen and oxygen atoms in total. The minimum Gasteiger partial charge on any atom is -0.507 e. The van der Waals surface area contributed by atoms with Gasteiger partial charge in [-0.3, -0.25) is 19.2 Å². The van der Waals surface area contributed by atoms with E-state index in [9.17, 15) is 54.9 Å². The fraction of sp³-hybridized carbons (Fsp3) is 0.471. The molecule has 0 saturated heterocycles. The van der Waals surface area contributed by atoms with Gasteiger partial charge in [-0.15, -0.1) is 0 Å². The number of phenols is 2. The molecule has 1 amide bonds. The first kappa shape index (κ1) is 36.5. The summed E-state index contributed by atoms with van der Waals surface area (Å²) in [6, 6.07) is 0. The summed E-state index contributed by atoms with van der Waals surface area (Å²) < 4.78 is 0. The van der Waals surface area contributed by atoms with E-state index >= 15 is 0 Å². The van der Waals surface area contributed by atoms with Crippen LogP contribution in [0, 0.1) is 36.5 Å². The highest BCUT2D eigenvalue weighted by molar-refractivity contribution is 6.31. The number of Topliss-reactive ketones (excluding diaryl/α,β-unsaturated/α-hetero) is 2. The highest BCUT2D eigenvalue weighted by Gasteiger charge is 2.39. The van der Waals surface area contributed by atoms with E-state index in [0.717, 1.165) is 12.2 Å². The number of phenolic OH excluding ortho intramolecular Hbond substituents is 2. The standard InChI is InChI=1S/C34H43NO11/c1-14-9-7-8-10-23(38)35-21-12-22(37)24-25(32(44)19(6)33(45)26(24)34(21)46)28(40)15(2)11-20(13-36)31(43)18(5)30(42)17(4)29(41)16(3)27(14)39/h7-12,14,16-18,20,27,29-31,36,39,41-45H,13H2,1-6H3,(H,35,38)/b9-7-,10-8-,15-11-/t14-,16+,17+,18-,20+,27-,29+,30-,31+/m0/s1. The molecular formula is C34H43NO11. The Kier molecular flexibility index (Phi) is 11.6. The number of amides is 1. The first-order chi connectivity index (χ1) is 21.5. The van der Waals surface area contributed by atoms with E-state index in [4.69, 9.17) is 0 Å². The van der Waals surface area contributed by atoms with Gasteiger partial charge in [0.05, 0.1) is 53.4 Å². The lowest BCUT2D eigenvalue weighted by atomic mass is 9.76. The highest BCUT2D eigenvalue weighted by atomic mass is 16.3. The SMILES string of the molecule is C/C1=C/[C@H](CO)[C@H](O)[C@@H](C)[C@@H](O)[C@H](C)[C@H](O)[C@H](C)[C@@H](O)[C@@H](C)/C=C\C=C/C(=O)NC2=CC(=O)c3c(c(O)c(C)c(O)c3C1=O)C2=O. The molecule has 250 valence electrons. The lowest BCUT2D eigenvalue weighted by Crippen LogP contribution is -2.46. The second-order valence-corrected chi connectivity index (χ2v) is 12.4. The highest BCUT2D eigenvalue weighted by Crippen LogP contribution is 2.41. The zero-order valence-corrected chi connectivity index (χ0v) is 26.6. The molecule has 0 unspecified atom stereocenters. The zero-order valence-electron chi connectivity index (χ0n) is 26.6. The van der Waals surface area contributed by atoms with Crippen LogP contribution < -0.4 is 5.32 Å². The van der Waals surface area contributed by atoms with Crippen molar-refractivity contribution in [1.82, 2.24) is 5.32 Å². The molecule has 8 N–H and O–H groups in total. The molecule has 1 aliphatic carbocycles. The third kappa shape index (κ3) is 7.06. The number of carbonyl (C=O) groups is 4. The van der Waals surface area contributed by atoms with Gasteiger partial charge in [0, 0.05) is 47.3 Å². The van der Waals surface area contributed by atoms with Gasteiger partial charge in [-0.25, -0.2) is 0 Å². The summed E-state index contributed by atoms with van der Waals surface area (Å²) in [4.78, 5) is 53.1. The minimum atomic E-state index is -1.44. The Hall–Kier alpha value is -3.94. The van der Waals surface area contributed by atoms with Crippen LogP contribution in [0.2, 0.25) is 0 Å². The molecule has 0 aromatic heterocycles. The number of fused-ring (bicyclic) bond motifs is 15. The third-order valence-electron chi connectivity index (χ3n) is 9.18. The average molecular weight is 642 g/mol. The summed E-state index contributed by atoms with van der Waals surface area (Å²) in [5.74, 6) is -9.33. The normalized spacial score (nSPS) is 34.4. The van der Waals surface area contributed by atoms with Crippen molar-refractivity contribution in [1.29, 1.82) is 0 Å². The van der Waals surface area contributed by atoms with Crippen molar-refractivity contribution in [2.45, 2.75) is 66.0 Å². The number of benzene rings is 1. The topological polar surface area (TPSA) is 222 Å². The van der Waals surface area contributed by atoms with Crippen molar-refractivity contribution in [2.75, 3.05) is 6.61 Å². The van der Waals surface area contributed by atoms with E-state index in [1.54, 1.807) is 26.8 Å². The fourth-order valence-corrected chi connectivity index (χ4v) is 5.99. The summed E-state index contributed by atoms with van der Waals surface area (Å²) in [5.41, 5.74) is -2.63. The molecule has 9 atom stereocenters. The predicted molar refractivity (Wildman–Crippen MR) is 167 cm³/mol. The number of rotatable bonds is 1. The van der Waals surface area contributed by atoms with Crippen LogP contribution in [0.1, 0.15) is 71.3 Å². The first-order valence-corrected chi connectivity index (χ1v) is 15.1. The summed E-state index contributed by atoms with van der Waals surface area (Å²) in [5, 5.41) is 78.3. The molecule has 2 heterocycles. The quantitative estimate of drug-likeness (QED) is 0.220. The molecule has 3 aliphatic rings. The van der Waals surface area contributed by atoms with Crippen molar-refractivity contribution in [3.63, 3.8) is 0 Å². The maximum absolute atomic E-state index is 13.7. The molecule has 0 saturated carbocycles. The van der Waals surface area contributed by atoms with Gasteiger partial charge in [0.25, 0.3) is 0 Å². The number of aliphatic hydroxyl groups excluding tert-OH is 5. The van der Waals surface area contributed by atoms with E-state index in [2.05, 4.69) is 5.32 Å². The van der Waals surface area contributed by atoms with E-state index in [-0.39, 0.29) is 11.1 Å². The molecular weight excluding hydrogens is 598 g/mol. The van der Waals surface area contributed by atoms with Crippen molar-refractivity contribution < 1.29 is 54.9 Å². The van der Waals surface area contributed by atoms with Crippen LogP contribution in [0.15, 0.2) is 47.7 Å². The molecule has 1 aromatic rings. The number of hydrogen-bond donors (Lipinski definition) is 8. The average Bonchev–Trinajstić information content (AvgIpc) is 3.03. The van der Waals surface area contributed by atoms with E-state index in [1.807, 2.05) is 0 Å². The number of aromatic hydroxyl groups is 2. The third-order valence-corrected chi connectivity index (χ3v) is 9.18. The minimum absolute atomic E-state index is 0.138. The van der Waals surface area contributed by atoms with Crippen LogP contribution in [0.25, 0.3) is 0 Å². The van der Waals surface area contributed by atoms with Crippen molar-refractivity contribution in [2.24, 2.45) is 29.6 Å². The smallest absolute Gasteiger partial charge is 0.248 e. The van der Waals surface area contributed by atoms with Crippen molar-refractivity contribution in [3.05, 3.63) is 70.0 Å². The van der Waals surface area contributed by atoms with E-state index in [1.165, 1.54) is 39.0 Å². The Morgan fingerprint density at radius 3 is 1.80 bits per heavy atom. The van der Waals surface area contributed by atoms with Crippen LogP contribution in [-0.2, 0) is 4.79 Å². The van der Waals surface area contributed by atoms with Gasteiger partial charge < -0.3 is 41.1 Å². The Bertz CT molecular complexity index is 1520. The van der Waals surface area contributed by atoms with Crippen LogP contribution in [0.4, 0.5) is 0 Å². The maximum Gasteiger partial charge on any atom is 0.248 e. The fourth-order valence-electron chi connectivity index (χ4n) is 5.99. The molecule has 46 heavy (non-hydrogen) atoms. The van der Waals surface area contributed by atoms with Crippen molar-refractivity contribution >= 4 is 23.3 Å². The molecule has 0 radical (unpaired) electrons. The Balaban J connectivity index is 2.20. The van der Waals surface area contributed by atoms with Gasteiger partial charge in [0.15, 0.2) is 11.6 Å². The molecule has 0 spiro atoms. The Morgan fingerprint density at radius 2 is 1.24 bits per heavy atom. The second-order valence-electron chi connectivity index (χ2n) is 12.4. The Labute approximate surface area is 267 Å². The number of carbonyl (C=O) groups excluding carboxylic acids is 4. The summed E-state index contributed by atoms with van der Waals surface area (Å²) in [6.07, 6.45) is 2.41. The van der Waals surface area contributed by atoms with Gasteiger partial charge in [-0.05, 0) is 19.4 Å². The Morgan fingerprint density at radius 1 is 0.717 bits per heavy atom. The van der Waals surface area contributed by atoms with Gasteiger partial charge in [0.2, 0.25) is 11.7 Å². The molecule has 2 aliphatic heterocycles. The van der Waals surface area contributed by atoms with Crippen molar-refractivity contribution in [3.8, 4) is 11.5 Å². The van der Waals surface area contributed by atoms with E-state index < -0.39 is 118 Å². The number of nitrogens with one attached hydrogen (secondary N) is 1. The van der Waals surface area contributed by atoms with Crippen LogP contribution in [-0.4, -0.2) is 90.0 Å². The summed E-state index contributed by atoms with van der Waals surface area (Å²) in [7, 11) is 0. The molecule has 12 heteroatoms. The van der Waals surface area contributed by atoms with Gasteiger partial charge in [-0.1, -0.05) is 52.0 Å². The lowest BCUT2D eigenvalue weighted by Gasteiger charge is -2.37. The monoisotopic (exact) mass is 641 g/mol. The predicted octanol–water partition coefficient (Wildman–Crippen LogP) is 1.64. The van der Waals surface area contributed by atoms with Gasteiger partial charge in [0.1, 0.15) is 11.5 Å². The first-order valence-electron chi connectivity index (χ1n) is 15.1. The van der Waals surface area contributed by atoms with Gasteiger partial charge in [-0.2, -0.15) is 0 Å². The number of aliphatic hydroxyl groups is 5. The summed E-state index contributed by atoms with van der Waals surface area (Å²) in [6.45, 7) is 8.21. The van der Waals surface area contributed by atoms with Crippen LogP contribution >= 0.6 is 0 Å². The largest absolute Gasteiger partial charge is 0.507 e. The summed E-state index contributed by atoms with van der Waals surface area (Å²) >= 11 is 0. The molecule has 0 fully saturated rings. The van der Waals surface area contributed by atoms with Crippen LogP contribution in [0.3, 0.4) is 0 Å². The maximum atomic E-state index is 13.7. The molecule has 4 bridgehead atoms. The van der Waals surface area contributed by atoms with Gasteiger partial charge >= 0.3 is 0 Å². The number of allylic oxidation sites excluding steroid dienone is 5.